The summed E-state index contributed by atoms with van der Waals surface area (Å²) in [7, 11) is 0. The fourth-order valence-corrected chi connectivity index (χ4v) is 2.40. The standard InChI is InChI=1S/C16H14N2O2/c17-13-3-1-2-11(8-13)15(19)12-5-4-10-6-7-18-16(20)14(10)9-12/h1-5,8-9H,6-7,17H2,(H,18,20). The van der Waals surface area contributed by atoms with Gasteiger partial charge in [0.15, 0.2) is 5.78 Å². The second-order valence-electron chi connectivity index (χ2n) is 4.83. The van der Waals surface area contributed by atoms with Crippen LogP contribution in [0.4, 0.5) is 5.69 Å². The Morgan fingerprint density at radius 2 is 1.90 bits per heavy atom. The van der Waals surface area contributed by atoms with Gasteiger partial charge in [0, 0.05) is 28.9 Å². The summed E-state index contributed by atoms with van der Waals surface area (Å²) in [6.07, 6.45) is 0.799. The highest BCUT2D eigenvalue weighted by Crippen LogP contribution is 2.19. The van der Waals surface area contributed by atoms with Gasteiger partial charge in [0.05, 0.1) is 0 Å². The first-order valence-electron chi connectivity index (χ1n) is 6.46. The third-order valence-corrected chi connectivity index (χ3v) is 3.45. The first-order chi connectivity index (χ1) is 9.65. The molecule has 3 N–H and O–H groups in total. The molecule has 0 radical (unpaired) electrons. The van der Waals surface area contributed by atoms with Crippen LogP contribution in [0.3, 0.4) is 0 Å². The van der Waals surface area contributed by atoms with Gasteiger partial charge in [-0.25, -0.2) is 0 Å². The lowest BCUT2D eigenvalue weighted by Crippen LogP contribution is -2.32. The van der Waals surface area contributed by atoms with Gasteiger partial charge in [-0.1, -0.05) is 24.3 Å². The van der Waals surface area contributed by atoms with Gasteiger partial charge < -0.3 is 11.1 Å². The molecule has 0 spiro atoms. The van der Waals surface area contributed by atoms with Crippen LogP contribution in [0.1, 0.15) is 31.8 Å². The van der Waals surface area contributed by atoms with Crippen molar-refractivity contribution in [3.05, 3.63) is 64.7 Å². The minimum absolute atomic E-state index is 0.117. The maximum atomic E-state index is 12.4. The average molecular weight is 266 g/mol. The lowest BCUT2D eigenvalue weighted by Gasteiger charge is -2.16. The molecule has 2 aromatic carbocycles. The molecule has 1 heterocycles. The number of nitrogens with one attached hydrogen (secondary N) is 1. The summed E-state index contributed by atoms with van der Waals surface area (Å²) < 4.78 is 0. The molecule has 0 aromatic heterocycles. The number of carbonyl (C=O) groups is 2. The number of carbonyl (C=O) groups excluding carboxylic acids is 2. The Morgan fingerprint density at radius 1 is 1.10 bits per heavy atom. The third-order valence-electron chi connectivity index (χ3n) is 3.45. The van der Waals surface area contributed by atoms with Crippen LogP contribution in [0.15, 0.2) is 42.5 Å². The van der Waals surface area contributed by atoms with Crippen LogP contribution in [0.2, 0.25) is 0 Å². The molecule has 1 aliphatic rings. The zero-order valence-electron chi connectivity index (χ0n) is 10.8. The average Bonchev–Trinajstić information content (AvgIpc) is 2.47. The van der Waals surface area contributed by atoms with Crippen molar-refractivity contribution in [2.24, 2.45) is 0 Å². The highest BCUT2D eigenvalue weighted by molar-refractivity contribution is 6.11. The van der Waals surface area contributed by atoms with Crippen molar-refractivity contribution in [1.29, 1.82) is 0 Å². The fraction of sp³-hybridized carbons (Fsp3) is 0.125. The number of amides is 1. The quantitative estimate of drug-likeness (QED) is 0.643. The van der Waals surface area contributed by atoms with Crippen LogP contribution in [-0.2, 0) is 6.42 Å². The summed E-state index contributed by atoms with van der Waals surface area (Å²) in [6, 6.07) is 12.1. The number of anilines is 1. The Labute approximate surface area is 116 Å². The first-order valence-corrected chi connectivity index (χ1v) is 6.46. The van der Waals surface area contributed by atoms with E-state index in [1.165, 1.54) is 0 Å². The van der Waals surface area contributed by atoms with E-state index in [-0.39, 0.29) is 11.7 Å². The molecule has 0 aliphatic carbocycles. The van der Waals surface area contributed by atoms with E-state index in [9.17, 15) is 9.59 Å². The maximum Gasteiger partial charge on any atom is 0.251 e. The third kappa shape index (κ3) is 2.16. The topological polar surface area (TPSA) is 72.2 Å². The summed E-state index contributed by atoms with van der Waals surface area (Å²) in [5.74, 6) is -0.244. The van der Waals surface area contributed by atoms with Crippen molar-refractivity contribution >= 4 is 17.4 Å². The van der Waals surface area contributed by atoms with Crippen molar-refractivity contribution < 1.29 is 9.59 Å². The second-order valence-corrected chi connectivity index (χ2v) is 4.83. The molecule has 0 fully saturated rings. The molecule has 20 heavy (non-hydrogen) atoms. The molecule has 2 aromatic rings. The summed E-state index contributed by atoms with van der Waals surface area (Å²) in [5.41, 5.74) is 8.85. The number of hydrogen-bond acceptors (Lipinski definition) is 3. The zero-order chi connectivity index (χ0) is 14.1. The van der Waals surface area contributed by atoms with Crippen LogP contribution in [0.5, 0.6) is 0 Å². The highest BCUT2D eigenvalue weighted by Gasteiger charge is 2.19. The minimum atomic E-state index is -0.126. The molecular weight excluding hydrogens is 252 g/mol. The zero-order valence-corrected chi connectivity index (χ0v) is 10.8. The summed E-state index contributed by atoms with van der Waals surface area (Å²) in [5, 5.41) is 2.78. The predicted octanol–water partition coefficient (Wildman–Crippen LogP) is 1.79. The van der Waals surface area contributed by atoms with E-state index in [1.807, 2.05) is 6.07 Å². The molecule has 0 saturated heterocycles. The van der Waals surface area contributed by atoms with Crippen LogP contribution >= 0.6 is 0 Å². The van der Waals surface area contributed by atoms with Crippen molar-refractivity contribution in [3.63, 3.8) is 0 Å². The number of benzene rings is 2. The Bertz CT molecular complexity index is 707. The molecule has 0 saturated carbocycles. The monoisotopic (exact) mass is 266 g/mol. The molecule has 0 atom stereocenters. The van der Waals surface area contributed by atoms with Crippen molar-refractivity contribution in [1.82, 2.24) is 5.32 Å². The summed E-state index contributed by atoms with van der Waals surface area (Å²) in [6.45, 7) is 0.647. The number of fused-ring (bicyclic) bond motifs is 1. The number of hydrogen-bond donors (Lipinski definition) is 2. The largest absolute Gasteiger partial charge is 0.399 e. The molecule has 100 valence electrons. The van der Waals surface area contributed by atoms with Gasteiger partial charge in [-0.3, -0.25) is 9.59 Å². The normalized spacial score (nSPS) is 13.5. The summed E-state index contributed by atoms with van der Waals surface area (Å²) in [4.78, 5) is 24.2. The van der Waals surface area contributed by atoms with Crippen molar-refractivity contribution in [2.45, 2.75) is 6.42 Å². The SMILES string of the molecule is Nc1cccc(C(=O)c2ccc3c(c2)C(=O)NCC3)c1. The lowest BCUT2D eigenvalue weighted by atomic mass is 9.94. The van der Waals surface area contributed by atoms with E-state index in [2.05, 4.69) is 5.32 Å². The van der Waals surface area contributed by atoms with E-state index in [1.54, 1.807) is 36.4 Å². The first kappa shape index (κ1) is 12.4. The van der Waals surface area contributed by atoms with E-state index in [4.69, 9.17) is 5.73 Å². The molecule has 4 nitrogen and oxygen atoms in total. The van der Waals surface area contributed by atoms with Gasteiger partial charge in [0.25, 0.3) is 5.91 Å². The minimum Gasteiger partial charge on any atom is -0.399 e. The molecule has 3 rings (SSSR count). The summed E-state index contributed by atoms with van der Waals surface area (Å²) >= 11 is 0. The van der Waals surface area contributed by atoms with Crippen LogP contribution in [-0.4, -0.2) is 18.2 Å². The molecule has 4 heteroatoms. The highest BCUT2D eigenvalue weighted by atomic mass is 16.1. The number of nitrogens with two attached hydrogens (primary N) is 1. The van der Waals surface area contributed by atoms with Crippen LogP contribution in [0, 0.1) is 0 Å². The molecule has 0 bridgehead atoms. The molecular formula is C16H14N2O2. The fourth-order valence-electron chi connectivity index (χ4n) is 2.40. The Morgan fingerprint density at radius 3 is 2.70 bits per heavy atom. The van der Waals surface area contributed by atoms with Gasteiger partial charge in [0.1, 0.15) is 0 Å². The van der Waals surface area contributed by atoms with Crippen molar-refractivity contribution in [3.8, 4) is 0 Å². The Kier molecular flexibility index (Phi) is 2.99. The van der Waals surface area contributed by atoms with E-state index >= 15 is 0 Å². The molecule has 0 unspecified atom stereocenters. The number of nitrogen functional groups attached to an aromatic ring is 1. The van der Waals surface area contributed by atoms with Gasteiger partial charge >= 0.3 is 0 Å². The lowest BCUT2D eigenvalue weighted by molar-refractivity contribution is 0.0946. The van der Waals surface area contributed by atoms with E-state index < -0.39 is 0 Å². The van der Waals surface area contributed by atoms with Gasteiger partial charge in [0.2, 0.25) is 0 Å². The number of ketones is 1. The predicted molar refractivity (Wildman–Crippen MR) is 76.8 cm³/mol. The van der Waals surface area contributed by atoms with Gasteiger partial charge in [-0.2, -0.15) is 0 Å². The molecule has 1 aliphatic heterocycles. The van der Waals surface area contributed by atoms with E-state index in [0.29, 0.717) is 28.9 Å². The maximum absolute atomic E-state index is 12.4. The van der Waals surface area contributed by atoms with Gasteiger partial charge in [-0.05, 0) is 30.2 Å². The molecule has 1 amide bonds. The van der Waals surface area contributed by atoms with Gasteiger partial charge in [-0.15, -0.1) is 0 Å². The Balaban J connectivity index is 2.01. The van der Waals surface area contributed by atoms with Crippen LogP contribution in [0.25, 0.3) is 0 Å². The van der Waals surface area contributed by atoms with Crippen LogP contribution < -0.4 is 11.1 Å². The van der Waals surface area contributed by atoms with Crippen molar-refractivity contribution in [2.75, 3.05) is 12.3 Å². The van der Waals surface area contributed by atoms with E-state index in [0.717, 1.165) is 12.0 Å². The second kappa shape index (κ2) is 4.81. The smallest absolute Gasteiger partial charge is 0.251 e. The Hall–Kier alpha value is -2.62. The number of rotatable bonds is 2.